The molecule has 0 spiro atoms. The maximum atomic E-state index is 13.5. The highest BCUT2D eigenvalue weighted by Gasteiger charge is 2.14. The topological polar surface area (TPSA) is 89.7 Å². The number of anilines is 1. The lowest BCUT2D eigenvalue weighted by Gasteiger charge is -2.05. The summed E-state index contributed by atoms with van der Waals surface area (Å²) < 4.78 is 32.1. The number of nitrogens with one attached hydrogen (secondary N) is 1. The van der Waals surface area contributed by atoms with Crippen LogP contribution in [0, 0.1) is 15.3 Å². The molecule has 1 aromatic carbocycles. The van der Waals surface area contributed by atoms with Crippen LogP contribution in [0.1, 0.15) is 0 Å². The summed E-state index contributed by atoms with van der Waals surface area (Å²) in [6.45, 7) is 0. The number of ether oxygens (including phenoxy) is 1. The Kier molecular flexibility index (Phi) is 3.12. The molecule has 20 heavy (non-hydrogen) atoms. The Hall–Kier alpha value is -2.04. The van der Waals surface area contributed by atoms with Gasteiger partial charge in [0.1, 0.15) is 15.3 Å². The van der Waals surface area contributed by atoms with Crippen molar-refractivity contribution in [2.75, 3.05) is 5.73 Å². The summed E-state index contributed by atoms with van der Waals surface area (Å²) in [6.07, 6.45) is 0. The largest absolute Gasteiger partial charge is 0.421 e. The van der Waals surface area contributed by atoms with Crippen LogP contribution < -0.4 is 10.5 Å². The predicted octanol–water partition coefficient (Wildman–Crippen LogP) is 2.61. The van der Waals surface area contributed by atoms with Gasteiger partial charge >= 0.3 is 6.01 Å². The van der Waals surface area contributed by atoms with Crippen LogP contribution in [0.4, 0.5) is 14.6 Å². The molecule has 0 aliphatic heterocycles. The fourth-order valence-corrected chi connectivity index (χ4v) is 2.23. The summed E-state index contributed by atoms with van der Waals surface area (Å²) in [4.78, 5) is 7.91. The lowest BCUT2D eigenvalue weighted by molar-refractivity contribution is 0.410. The van der Waals surface area contributed by atoms with Crippen molar-refractivity contribution in [3.63, 3.8) is 0 Å². The van der Waals surface area contributed by atoms with Crippen LogP contribution in [0.5, 0.6) is 11.8 Å². The number of nitrogens with zero attached hydrogens (tertiary/aromatic N) is 3. The molecular formula is C11H6F2IN5O. The van der Waals surface area contributed by atoms with Crippen LogP contribution in [-0.2, 0) is 0 Å². The van der Waals surface area contributed by atoms with Crippen LogP contribution in [-0.4, -0.2) is 20.2 Å². The third-order valence-electron chi connectivity index (χ3n) is 2.47. The molecule has 0 amide bonds. The Morgan fingerprint density at radius 3 is 2.80 bits per heavy atom. The number of benzene rings is 1. The van der Waals surface area contributed by atoms with Gasteiger partial charge in [0.05, 0.1) is 5.39 Å². The predicted molar refractivity (Wildman–Crippen MR) is 75.2 cm³/mol. The first-order chi connectivity index (χ1) is 9.54. The monoisotopic (exact) mass is 389 g/mol. The minimum atomic E-state index is -0.858. The van der Waals surface area contributed by atoms with Gasteiger partial charge in [0.15, 0.2) is 17.2 Å². The van der Waals surface area contributed by atoms with Gasteiger partial charge in [0, 0.05) is 6.07 Å². The van der Waals surface area contributed by atoms with Crippen molar-refractivity contribution in [3.8, 4) is 11.8 Å². The number of halogens is 3. The van der Waals surface area contributed by atoms with Crippen molar-refractivity contribution in [2.24, 2.45) is 0 Å². The summed E-state index contributed by atoms with van der Waals surface area (Å²) in [5.41, 5.74) is 6.07. The number of H-pyrrole nitrogens is 1. The number of aromatic amines is 1. The number of fused-ring (bicyclic) bond motifs is 1. The Morgan fingerprint density at radius 1 is 1.25 bits per heavy atom. The average molecular weight is 389 g/mol. The van der Waals surface area contributed by atoms with Gasteiger partial charge in [0.2, 0.25) is 0 Å². The average Bonchev–Trinajstić information content (AvgIpc) is 2.75. The molecule has 0 atom stereocenters. The third kappa shape index (κ3) is 2.24. The standard InChI is InChI=1S/C11H6F2IN5O/c12-4-1-2-6(5(13)3-4)20-11-16-9(15)7-8(14)18-19-10(7)17-11/h1-3H,(H3,15,16,17,18,19). The maximum Gasteiger partial charge on any atom is 0.326 e. The van der Waals surface area contributed by atoms with E-state index in [9.17, 15) is 8.78 Å². The summed E-state index contributed by atoms with van der Waals surface area (Å²) in [5.74, 6) is -1.60. The molecule has 2 aromatic heterocycles. The van der Waals surface area contributed by atoms with Crippen molar-refractivity contribution < 1.29 is 13.5 Å². The van der Waals surface area contributed by atoms with Gasteiger partial charge in [-0.05, 0) is 34.7 Å². The van der Waals surface area contributed by atoms with Crippen molar-refractivity contribution >= 4 is 39.4 Å². The van der Waals surface area contributed by atoms with Gasteiger partial charge < -0.3 is 10.5 Å². The number of rotatable bonds is 2. The first kappa shape index (κ1) is 13.0. The SMILES string of the molecule is Nc1nc(Oc2ccc(F)cc2F)nc2n[nH]c(I)c12. The smallest absolute Gasteiger partial charge is 0.326 e. The summed E-state index contributed by atoms with van der Waals surface area (Å²) in [7, 11) is 0. The third-order valence-corrected chi connectivity index (χ3v) is 3.25. The molecule has 3 aromatic rings. The Bertz CT molecular complexity index is 807. The number of hydrogen-bond donors (Lipinski definition) is 2. The van der Waals surface area contributed by atoms with E-state index in [2.05, 4.69) is 20.2 Å². The van der Waals surface area contributed by atoms with Crippen molar-refractivity contribution in [1.82, 2.24) is 20.2 Å². The van der Waals surface area contributed by atoms with Crippen molar-refractivity contribution in [2.45, 2.75) is 0 Å². The normalized spacial score (nSPS) is 10.9. The Labute approximate surface area is 124 Å². The molecule has 3 N–H and O–H groups in total. The number of hydrogen-bond acceptors (Lipinski definition) is 5. The molecule has 0 aliphatic rings. The van der Waals surface area contributed by atoms with Crippen LogP contribution in [0.15, 0.2) is 18.2 Å². The number of aromatic nitrogens is 4. The van der Waals surface area contributed by atoms with Gasteiger partial charge in [-0.15, -0.1) is 0 Å². The zero-order valence-electron chi connectivity index (χ0n) is 9.69. The van der Waals surface area contributed by atoms with E-state index in [1.165, 1.54) is 0 Å². The lowest BCUT2D eigenvalue weighted by Crippen LogP contribution is -1.99. The van der Waals surface area contributed by atoms with E-state index in [1.807, 2.05) is 22.6 Å². The van der Waals surface area contributed by atoms with E-state index in [-0.39, 0.29) is 17.6 Å². The van der Waals surface area contributed by atoms with Gasteiger partial charge in [-0.2, -0.15) is 15.1 Å². The zero-order chi connectivity index (χ0) is 14.3. The van der Waals surface area contributed by atoms with E-state index in [4.69, 9.17) is 10.5 Å². The molecule has 0 fully saturated rings. The van der Waals surface area contributed by atoms with Crippen LogP contribution >= 0.6 is 22.6 Å². The second kappa shape index (κ2) is 4.81. The van der Waals surface area contributed by atoms with Crippen LogP contribution in [0.3, 0.4) is 0 Å². The highest BCUT2D eigenvalue weighted by Crippen LogP contribution is 2.27. The minimum Gasteiger partial charge on any atom is -0.421 e. The fraction of sp³-hybridized carbons (Fsp3) is 0. The molecule has 102 valence electrons. The minimum absolute atomic E-state index is 0.158. The van der Waals surface area contributed by atoms with Crippen molar-refractivity contribution in [1.29, 1.82) is 0 Å². The van der Waals surface area contributed by atoms with Crippen molar-refractivity contribution in [3.05, 3.63) is 33.5 Å². The highest BCUT2D eigenvalue weighted by molar-refractivity contribution is 14.1. The van der Waals surface area contributed by atoms with E-state index in [1.54, 1.807) is 0 Å². The molecular weight excluding hydrogens is 383 g/mol. The second-order valence-electron chi connectivity index (χ2n) is 3.80. The summed E-state index contributed by atoms with van der Waals surface area (Å²) >= 11 is 2.00. The van der Waals surface area contributed by atoms with E-state index in [0.29, 0.717) is 20.8 Å². The molecule has 3 rings (SSSR count). The van der Waals surface area contributed by atoms with Crippen LogP contribution in [0.2, 0.25) is 0 Å². The summed E-state index contributed by atoms with van der Waals surface area (Å²) in [6, 6.07) is 2.75. The van der Waals surface area contributed by atoms with Gasteiger partial charge in [-0.25, -0.2) is 8.78 Å². The molecule has 6 nitrogen and oxygen atoms in total. The van der Waals surface area contributed by atoms with Gasteiger partial charge in [-0.3, -0.25) is 5.10 Å². The van der Waals surface area contributed by atoms with Crippen LogP contribution in [0.25, 0.3) is 11.0 Å². The second-order valence-corrected chi connectivity index (χ2v) is 4.88. The van der Waals surface area contributed by atoms with E-state index < -0.39 is 11.6 Å². The van der Waals surface area contributed by atoms with E-state index >= 15 is 0 Å². The molecule has 0 unspecified atom stereocenters. The number of nitrogen functional groups attached to an aromatic ring is 1. The molecule has 0 aliphatic carbocycles. The maximum absolute atomic E-state index is 13.5. The number of nitrogens with two attached hydrogens (primary N) is 1. The van der Waals surface area contributed by atoms with Gasteiger partial charge in [-0.1, -0.05) is 0 Å². The quantitative estimate of drug-likeness (QED) is 0.658. The molecule has 0 saturated carbocycles. The first-order valence-electron chi connectivity index (χ1n) is 5.34. The lowest BCUT2D eigenvalue weighted by atomic mass is 10.3. The molecule has 2 heterocycles. The molecule has 0 saturated heterocycles. The van der Waals surface area contributed by atoms with Gasteiger partial charge in [0.25, 0.3) is 0 Å². The van der Waals surface area contributed by atoms with E-state index in [0.717, 1.165) is 12.1 Å². The fourth-order valence-electron chi connectivity index (χ4n) is 1.60. The highest BCUT2D eigenvalue weighted by atomic mass is 127. The Morgan fingerprint density at radius 2 is 2.05 bits per heavy atom. The zero-order valence-corrected chi connectivity index (χ0v) is 11.9. The molecule has 9 heteroatoms. The molecule has 0 bridgehead atoms. The Balaban J connectivity index is 2.02. The first-order valence-corrected chi connectivity index (χ1v) is 6.42. The molecule has 0 radical (unpaired) electrons. The summed E-state index contributed by atoms with van der Waals surface area (Å²) in [5, 5.41) is 7.19.